The number of pyridine rings is 1. The molecule has 8 heteroatoms. The summed E-state index contributed by atoms with van der Waals surface area (Å²) in [5.41, 5.74) is 5.58. The van der Waals surface area contributed by atoms with Gasteiger partial charge in [-0.05, 0) is 43.2 Å². The van der Waals surface area contributed by atoms with Crippen molar-refractivity contribution >= 4 is 22.6 Å². The number of carbonyl (C=O) groups is 1. The van der Waals surface area contributed by atoms with Crippen molar-refractivity contribution in [3.63, 3.8) is 0 Å². The van der Waals surface area contributed by atoms with E-state index in [9.17, 15) is 9.59 Å². The summed E-state index contributed by atoms with van der Waals surface area (Å²) < 4.78 is 1.54. The first-order valence-corrected chi connectivity index (χ1v) is 11.8. The van der Waals surface area contributed by atoms with E-state index in [-0.39, 0.29) is 11.5 Å². The lowest BCUT2D eigenvalue weighted by atomic mass is 10.1. The summed E-state index contributed by atoms with van der Waals surface area (Å²) in [7, 11) is 0. The molecule has 0 atom stereocenters. The molecule has 0 bridgehead atoms. The molecule has 4 heterocycles. The lowest BCUT2D eigenvalue weighted by Gasteiger charge is -2.34. The Balaban J connectivity index is 1.27. The molecule has 3 aromatic heterocycles. The van der Waals surface area contributed by atoms with Gasteiger partial charge in [0, 0.05) is 50.6 Å². The van der Waals surface area contributed by atoms with Gasteiger partial charge in [0.05, 0.1) is 28.1 Å². The summed E-state index contributed by atoms with van der Waals surface area (Å²) >= 11 is 0. The van der Waals surface area contributed by atoms with Crippen LogP contribution in [0.25, 0.3) is 16.7 Å². The molecule has 0 aliphatic carbocycles. The van der Waals surface area contributed by atoms with Gasteiger partial charge in [-0.2, -0.15) is 0 Å². The fourth-order valence-corrected chi connectivity index (χ4v) is 4.53. The van der Waals surface area contributed by atoms with Crippen molar-refractivity contribution in [2.24, 2.45) is 0 Å². The van der Waals surface area contributed by atoms with Crippen molar-refractivity contribution in [2.75, 3.05) is 26.2 Å². The highest BCUT2D eigenvalue weighted by Crippen LogP contribution is 2.18. The van der Waals surface area contributed by atoms with Gasteiger partial charge in [0.15, 0.2) is 0 Å². The number of aryl methyl sites for hydroxylation is 2. The van der Waals surface area contributed by atoms with E-state index in [4.69, 9.17) is 9.97 Å². The third-order valence-electron chi connectivity index (χ3n) is 6.41. The van der Waals surface area contributed by atoms with E-state index in [0.717, 1.165) is 54.0 Å². The lowest BCUT2D eigenvalue weighted by molar-refractivity contribution is 0.0627. The molecule has 174 valence electrons. The second-order valence-corrected chi connectivity index (χ2v) is 8.61. The van der Waals surface area contributed by atoms with Gasteiger partial charge in [-0.25, -0.2) is 15.0 Å². The van der Waals surface area contributed by atoms with Gasteiger partial charge < -0.3 is 4.90 Å². The van der Waals surface area contributed by atoms with Gasteiger partial charge in [-0.1, -0.05) is 19.9 Å². The minimum absolute atomic E-state index is 0.0167. The van der Waals surface area contributed by atoms with Crippen LogP contribution < -0.4 is 5.56 Å². The average Bonchev–Trinajstić information content (AvgIpc) is 2.87. The number of carbonyl (C=O) groups excluding carboxylic acids is 1. The number of hydrogen-bond donors (Lipinski definition) is 0. The Morgan fingerprint density at radius 1 is 0.882 bits per heavy atom. The molecule has 5 rings (SSSR count). The Kier molecular flexibility index (Phi) is 6.06. The second-order valence-electron chi connectivity index (χ2n) is 8.61. The van der Waals surface area contributed by atoms with E-state index in [1.54, 1.807) is 16.7 Å². The molecule has 0 radical (unpaired) electrons. The molecular formula is C26H28N6O2. The SMILES string of the molecule is CCc1nc2ccc(C(=O)N3CCN(Cc4cc(=O)n5ccccc5n4)CC3)cc2nc1CC. The van der Waals surface area contributed by atoms with Crippen LogP contribution in [0.3, 0.4) is 0 Å². The molecule has 1 saturated heterocycles. The standard InChI is InChI=1S/C26H28N6O2/c1-3-20-21(4-2)29-23-15-18(8-9-22(23)28-20)26(34)31-13-11-30(12-14-31)17-19-16-25(33)32-10-6-5-7-24(32)27-19/h5-10,15-16H,3-4,11-14,17H2,1-2H3. The molecule has 1 aromatic carbocycles. The van der Waals surface area contributed by atoms with E-state index in [2.05, 4.69) is 23.7 Å². The molecule has 0 unspecified atom stereocenters. The van der Waals surface area contributed by atoms with Crippen molar-refractivity contribution in [2.45, 2.75) is 33.2 Å². The first-order valence-electron chi connectivity index (χ1n) is 11.8. The smallest absolute Gasteiger partial charge is 0.258 e. The molecule has 1 aliphatic rings. The Bertz CT molecular complexity index is 1420. The monoisotopic (exact) mass is 456 g/mol. The number of fused-ring (bicyclic) bond motifs is 2. The van der Waals surface area contributed by atoms with Gasteiger partial charge in [-0.3, -0.25) is 18.9 Å². The number of amides is 1. The molecule has 1 aliphatic heterocycles. The Morgan fingerprint density at radius 3 is 2.35 bits per heavy atom. The van der Waals surface area contributed by atoms with Gasteiger partial charge in [0.2, 0.25) is 0 Å². The van der Waals surface area contributed by atoms with Crippen LogP contribution >= 0.6 is 0 Å². The number of hydrogen-bond acceptors (Lipinski definition) is 6. The number of piperazine rings is 1. The molecule has 0 N–H and O–H groups in total. The Labute approximate surface area is 197 Å². The van der Waals surface area contributed by atoms with E-state index >= 15 is 0 Å². The Hall–Kier alpha value is -3.65. The zero-order chi connectivity index (χ0) is 23.7. The van der Waals surface area contributed by atoms with Crippen molar-refractivity contribution in [1.82, 2.24) is 29.2 Å². The quantitative estimate of drug-likeness (QED) is 0.459. The van der Waals surface area contributed by atoms with E-state index in [1.807, 2.05) is 41.3 Å². The summed E-state index contributed by atoms with van der Waals surface area (Å²) in [5.74, 6) is 0.0167. The number of rotatable bonds is 5. The maximum Gasteiger partial charge on any atom is 0.258 e. The maximum atomic E-state index is 13.2. The molecule has 0 spiro atoms. The zero-order valence-corrected chi connectivity index (χ0v) is 19.6. The highest BCUT2D eigenvalue weighted by molar-refractivity contribution is 5.97. The van der Waals surface area contributed by atoms with Gasteiger partial charge in [0.25, 0.3) is 11.5 Å². The molecule has 34 heavy (non-hydrogen) atoms. The fraction of sp³-hybridized carbons (Fsp3) is 0.346. The topological polar surface area (TPSA) is 83.7 Å². The van der Waals surface area contributed by atoms with Crippen LogP contribution in [0.1, 0.15) is 41.3 Å². The summed E-state index contributed by atoms with van der Waals surface area (Å²) in [5, 5.41) is 0. The van der Waals surface area contributed by atoms with Gasteiger partial charge in [0.1, 0.15) is 5.65 Å². The van der Waals surface area contributed by atoms with E-state index in [0.29, 0.717) is 30.8 Å². The number of nitrogens with zero attached hydrogens (tertiary/aromatic N) is 6. The predicted molar refractivity (Wildman–Crippen MR) is 131 cm³/mol. The van der Waals surface area contributed by atoms with Crippen LogP contribution in [0.5, 0.6) is 0 Å². The molecule has 8 nitrogen and oxygen atoms in total. The largest absolute Gasteiger partial charge is 0.336 e. The van der Waals surface area contributed by atoms with Crippen LogP contribution in [-0.2, 0) is 19.4 Å². The van der Waals surface area contributed by atoms with Crippen molar-refractivity contribution in [3.05, 3.63) is 81.7 Å². The van der Waals surface area contributed by atoms with Crippen LogP contribution in [-0.4, -0.2) is 61.2 Å². The van der Waals surface area contributed by atoms with Crippen molar-refractivity contribution in [1.29, 1.82) is 0 Å². The van der Waals surface area contributed by atoms with Gasteiger partial charge >= 0.3 is 0 Å². The summed E-state index contributed by atoms with van der Waals surface area (Å²) in [6, 6.07) is 12.7. The minimum atomic E-state index is -0.0777. The number of aromatic nitrogens is 4. The predicted octanol–water partition coefficient (Wildman–Crippen LogP) is 2.72. The molecule has 4 aromatic rings. The van der Waals surface area contributed by atoms with E-state index < -0.39 is 0 Å². The van der Waals surface area contributed by atoms with Crippen molar-refractivity contribution in [3.8, 4) is 0 Å². The average molecular weight is 457 g/mol. The van der Waals surface area contributed by atoms with Crippen LogP contribution in [0.15, 0.2) is 53.5 Å². The van der Waals surface area contributed by atoms with Crippen LogP contribution in [0.4, 0.5) is 0 Å². The fourth-order valence-electron chi connectivity index (χ4n) is 4.53. The first kappa shape index (κ1) is 22.2. The third kappa shape index (κ3) is 4.28. The van der Waals surface area contributed by atoms with Crippen LogP contribution in [0.2, 0.25) is 0 Å². The normalized spacial score (nSPS) is 14.7. The summed E-state index contributed by atoms with van der Waals surface area (Å²) in [6.45, 7) is 7.47. The molecule has 1 fully saturated rings. The summed E-state index contributed by atoms with van der Waals surface area (Å²) in [4.78, 5) is 43.8. The molecule has 1 amide bonds. The summed E-state index contributed by atoms with van der Waals surface area (Å²) in [6.07, 6.45) is 3.40. The Morgan fingerprint density at radius 2 is 1.62 bits per heavy atom. The van der Waals surface area contributed by atoms with Crippen molar-refractivity contribution < 1.29 is 4.79 Å². The minimum Gasteiger partial charge on any atom is -0.336 e. The highest BCUT2D eigenvalue weighted by atomic mass is 16.2. The van der Waals surface area contributed by atoms with E-state index in [1.165, 1.54) is 0 Å². The van der Waals surface area contributed by atoms with Crippen LogP contribution in [0, 0.1) is 0 Å². The number of benzene rings is 1. The molecule has 0 saturated carbocycles. The zero-order valence-electron chi connectivity index (χ0n) is 19.6. The first-order chi connectivity index (χ1) is 16.6. The lowest BCUT2D eigenvalue weighted by Crippen LogP contribution is -2.48. The highest BCUT2D eigenvalue weighted by Gasteiger charge is 2.23. The van der Waals surface area contributed by atoms with Gasteiger partial charge in [-0.15, -0.1) is 0 Å². The maximum absolute atomic E-state index is 13.2. The molecular weight excluding hydrogens is 428 g/mol. The second kappa shape index (κ2) is 9.30. The third-order valence-corrected chi connectivity index (χ3v) is 6.41.